The number of aliphatic carboxylic acids is 1. The number of rotatable bonds is 4. The molecule has 4 bridgehead atoms. The fraction of sp³-hybridized carbons (Fsp3) is 0.579. The Labute approximate surface area is 141 Å². The van der Waals surface area contributed by atoms with Crippen molar-refractivity contribution >= 4 is 22.8 Å². The Morgan fingerprint density at radius 2 is 1.48 bits per heavy atom. The molecule has 23 heavy (non-hydrogen) atoms. The topological polar surface area (TPSA) is 54.4 Å². The van der Waals surface area contributed by atoms with Crippen LogP contribution in [0.4, 0.5) is 0 Å². The highest BCUT2D eigenvalue weighted by Gasteiger charge is 2.67. The van der Waals surface area contributed by atoms with Gasteiger partial charge in [0, 0.05) is 0 Å². The van der Waals surface area contributed by atoms with E-state index in [2.05, 4.69) is 0 Å². The third-order valence-electron chi connectivity index (χ3n) is 6.66. The number of carboxylic acids is 1. The lowest BCUT2D eigenvalue weighted by Crippen LogP contribution is -2.62. The van der Waals surface area contributed by atoms with E-state index in [1.807, 2.05) is 6.07 Å². The molecule has 122 valence electrons. The highest BCUT2D eigenvalue weighted by Crippen LogP contribution is 2.66. The summed E-state index contributed by atoms with van der Waals surface area (Å²) in [4.78, 5) is 25.1. The highest BCUT2D eigenvalue weighted by atomic mass is 35.5. The Balaban J connectivity index is 1.92. The molecule has 3 nitrogen and oxygen atoms in total. The molecule has 0 saturated heterocycles. The van der Waals surface area contributed by atoms with E-state index < -0.39 is 22.0 Å². The molecular formula is C19H21ClO3. The van der Waals surface area contributed by atoms with Gasteiger partial charge >= 0.3 is 5.97 Å². The molecule has 0 spiro atoms. The average Bonchev–Trinajstić information content (AvgIpc) is 2.46. The molecular weight excluding hydrogens is 312 g/mol. The first-order valence-corrected chi connectivity index (χ1v) is 8.84. The summed E-state index contributed by atoms with van der Waals surface area (Å²) >= 11 is 6.05. The third kappa shape index (κ3) is 1.95. The van der Waals surface area contributed by atoms with Crippen LogP contribution in [0.25, 0.3) is 0 Å². The standard InChI is InChI=1S/C19H21ClO3/c20-16(21)19(17(22)23,15-4-2-1-3-5-15)18-9-12-6-13(10-18)8-14(7-12)11-18/h1-5,12-14H,6-11H2,(H,22,23). The van der Waals surface area contributed by atoms with Crippen molar-refractivity contribution in [1.82, 2.24) is 0 Å². The zero-order valence-corrected chi connectivity index (χ0v) is 13.8. The number of halogens is 1. The minimum Gasteiger partial charge on any atom is -0.480 e. The Morgan fingerprint density at radius 3 is 1.87 bits per heavy atom. The molecule has 4 fully saturated rings. The van der Waals surface area contributed by atoms with Crippen LogP contribution in [0.5, 0.6) is 0 Å². The predicted octanol–water partition coefficient (Wildman–Crippen LogP) is 3.99. The summed E-state index contributed by atoms with van der Waals surface area (Å²) in [6.07, 6.45) is 6.04. The van der Waals surface area contributed by atoms with Crippen molar-refractivity contribution in [3.05, 3.63) is 35.9 Å². The average molecular weight is 333 g/mol. The Bertz CT molecular complexity index is 603. The van der Waals surface area contributed by atoms with E-state index in [9.17, 15) is 14.7 Å². The summed E-state index contributed by atoms with van der Waals surface area (Å²) < 4.78 is 0. The zero-order valence-electron chi connectivity index (χ0n) is 13.0. The van der Waals surface area contributed by atoms with Gasteiger partial charge in [-0.25, -0.2) is 0 Å². The van der Waals surface area contributed by atoms with E-state index in [0.717, 1.165) is 19.3 Å². The highest BCUT2D eigenvalue weighted by molar-refractivity contribution is 6.67. The predicted molar refractivity (Wildman–Crippen MR) is 87.2 cm³/mol. The minimum absolute atomic E-state index is 0.520. The number of benzene rings is 1. The normalized spacial score (nSPS) is 37.3. The molecule has 1 N–H and O–H groups in total. The first-order valence-electron chi connectivity index (χ1n) is 8.47. The summed E-state index contributed by atoms with van der Waals surface area (Å²) in [5.74, 6) is 0.588. The van der Waals surface area contributed by atoms with Crippen molar-refractivity contribution in [2.75, 3.05) is 0 Å². The van der Waals surface area contributed by atoms with Gasteiger partial charge in [-0.05, 0) is 78.9 Å². The lowest BCUT2D eigenvalue weighted by Gasteiger charge is -2.61. The van der Waals surface area contributed by atoms with E-state index in [-0.39, 0.29) is 0 Å². The second-order valence-electron chi connectivity index (χ2n) is 7.89. The molecule has 0 aliphatic heterocycles. The van der Waals surface area contributed by atoms with Gasteiger partial charge in [0.15, 0.2) is 5.41 Å². The van der Waals surface area contributed by atoms with E-state index in [1.165, 1.54) is 19.3 Å². The van der Waals surface area contributed by atoms with Crippen molar-refractivity contribution in [3.63, 3.8) is 0 Å². The van der Waals surface area contributed by atoms with Gasteiger partial charge in [-0.15, -0.1) is 0 Å². The summed E-state index contributed by atoms with van der Waals surface area (Å²) in [6, 6.07) is 8.95. The van der Waals surface area contributed by atoms with Crippen LogP contribution < -0.4 is 0 Å². The van der Waals surface area contributed by atoms with Crippen LogP contribution in [-0.2, 0) is 15.0 Å². The molecule has 1 aromatic rings. The van der Waals surface area contributed by atoms with Gasteiger partial charge in [0.05, 0.1) is 0 Å². The molecule has 0 amide bonds. The molecule has 0 aromatic heterocycles. The second-order valence-corrected chi connectivity index (χ2v) is 8.24. The first kappa shape index (κ1) is 15.2. The fourth-order valence-corrected chi connectivity index (χ4v) is 6.71. The van der Waals surface area contributed by atoms with Crippen LogP contribution in [-0.4, -0.2) is 16.3 Å². The fourth-order valence-electron chi connectivity index (χ4n) is 6.32. The summed E-state index contributed by atoms with van der Waals surface area (Å²) in [5.41, 5.74) is -1.57. The van der Waals surface area contributed by atoms with Crippen molar-refractivity contribution in [2.45, 2.75) is 43.9 Å². The Hall–Kier alpha value is -1.35. The largest absolute Gasteiger partial charge is 0.480 e. The second kappa shape index (κ2) is 5.07. The van der Waals surface area contributed by atoms with Gasteiger partial charge in [-0.1, -0.05) is 30.3 Å². The molecule has 4 saturated carbocycles. The SMILES string of the molecule is O=C(O)C(C(=O)Cl)(c1ccccc1)C12CC3CC(CC(C3)C1)C2. The Kier molecular flexibility index (Phi) is 3.35. The lowest BCUT2D eigenvalue weighted by molar-refractivity contribution is -0.166. The van der Waals surface area contributed by atoms with Gasteiger partial charge in [0.25, 0.3) is 0 Å². The number of carbonyl (C=O) groups excluding carboxylic acids is 1. The number of hydrogen-bond acceptors (Lipinski definition) is 2. The maximum Gasteiger partial charge on any atom is 0.323 e. The molecule has 1 unspecified atom stereocenters. The molecule has 5 rings (SSSR count). The molecule has 4 heteroatoms. The number of carbonyl (C=O) groups is 2. The lowest BCUT2D eigenvalue weighted by atomic mass is 9.41. The van der Waals surface area contributed by atoms with Crippen LogP contribution in [0, 0.1) is 23.2 Å². The van der Waals surface area contributed by atoms with E-state index in [4.69, 9.17) is 11.6 Å². The van der Waals surface area contributed by atoms with Crippen molar-refractivity contribution in [2.24, 2.45) is 23.2 Å². The minimum atomic E-state index is -1.61. The van der Waals surface area contributed by atoms with Crippen LogP contribution >= 0.6 is 11.6 Å². The monoisotopic (exact) mass is 332 g/mol. The molecule has 1 aromatic carbocycles. The van der Waals surface area contributed by atoms with Gasteiger partial charge in [0.1, 0.15) is 0 Å². The van der Waals surface area contributed by atoms with E-state index >= 15 is 0 Å². The van der Waals surface area contributed by atoms with E-state index in [0.29, 0.717) is 23.3 Å². The van der Waals surface area contributed by atoms with Crippen molar-refractivity contribution < 1.29 is 14.7 Å². The van der Waals surface area contributed by atoms with Crippen LogP contribution in [0.1, 0.15) is 44.1 Å². The van der Waals surface area contributed by atoms with Gasteiger partial charge in [-0.3, -0.25) is 9.59 Å². The summed E-state index contributed by atoms with van der Waals surface area (Å²) in [7, 11) is 0. The maximum absolute atomic E-state index is 12.6. The van der Waals surface area contributed by atoms with Crippen LogP contribution in [0.3, 0.4) is 0 Å². The summed E-state index contributed by atoms with van der Waals surface area (Å²) in [6.45, 7) is 0. The zero-order chi connectivity index (χ0) is 16.2. The molecule has 4 aliphatic carbocycles. The number of carboxylic acid groups (broad SMARTS) is 1. The molecule has 1 atom stereocenters. The van der Waals surface area contributed by atoms with Gasteiger partial charge in [-0.2, -0.15) is 0 Å². The van der Waals surface area contributed by atoms with E-state index in [1.54, 1.807) is 24.3 Å². The van der Waals surface area contributed by atoms with Crippen molar-refractivity contribution in [1.29, 1.82) is 0 Å². The molecule has 0 radical (unpaired) electrons. The Morgan fingerprint density at radius 1 is 1.00 bits per heavy atom. The van der Waals surface area contributed by atoms with Crippen molar-refractivity contribution in [3.8, 4) is 0 Å². The van der Waals surface area contributed by atoms with Gasteiger partial charge in [0.2, 0.25) is 5.24 Å². The van der Waals surface area contributed by atoms with Crippen LogP contribution in [0.2, 0.25) is 0 Å². The third-order valence-corrected chi connectivity index (χ3v) is 6.94. The molecule has 0 heterocycles. The maximum atomic E-state index is 12.6. The first-order chi connectivity index (χ1) is 11.0. The molecule has 4 aliphatic rings. The summed E-state index contributed by atoms with van der Waals surface area (Å²) in [5, 5.41) is 9.48. The van der Waals surface area contributed by atoms with Gasteiger partial charge < -0.3 is 5.11 Å². The quantitative estimate of drug-likeness (QED) is 0.670. The smallest absolute Gasteiger partial charge is 0.323 e. The number of hydrogen-bond donors (Lipinski definition) is 1. The van der Waals surface area contributed by atoms with Crippen LogP contribution in [0.15, 0.2) is 30.3 Å².